The molecule has 45 heavy (non-hydrogen) atoms. The molecule has 0 saturated heterocycles. The Labute approximate surface area is 282 Å². The fourth-order valence-corrected chi connectivity index (χ4v) is 6.54. The van der Waals surface area contributed by atoms with E-state index < -0.39 is 11.9 Å². The van der Waals surface area contributed by atoms with Gasteiger partial charge in [0.05, 0.1) is 0 Å². The van der Waals surface area contributed by atoms with Gasteiger partial charge in [0.2, 0.25) is 0 Å². The minimum absolute atomic E-state index is 0. The molecule has 8 bridgehead atoms. The predicted molar refractivity (Wildman–Crippen MR) is 178 cm³/mol. The fraction of sp³-hybridized carbons (Fsp3) is 0.294. The van der Waals surface area contributed by atoms with Crippen molar-refractivity contribution in [2.45, 2.75) is 67.2 Å². The molecule has 0 radical (unpaired) electrons. The molecule has 0 fully saturated rings. The van der Waals surface area contributed by atoms with E-state index in [0.29, 0.717) is 27.4 Å². The minimum Gasteiger partial charge on any atom is -0.657 e. The quantitative estimate of drug-likeness (QED) is 0.151. The number of carboxylic acid groups (broad SMARTS) is 2. The van der Waals surface area contributed by atoms with Crippen LogP contribution in [0.4, 0.5) is 0 Å². The van der Waals surface area contributed by atoms with Crippen molar-refractivity contribution >= 4 is 71.3 Å². The largest absolute Gasteiger partial charge is 4.00 e. The molecule has 0 aliphatic carbocycles. The first kappa shape index (κ1) is 34.4. The third kappa shape index (κ3) is 6.72. The van der Waals surface area contributed by atoms with Crippen molar-refractivity contribution < 1.29 is 36.9 Å². The van der Waals surface area contributed by atoms with Gasteiger partial charge in [-0.3, -0.25) is 9.59 Å². The molecule has 2 N–H and O–H groups in total. The van der Waals surface area contributed by atoms with Crippen LogP contribution in [0.5, 0.6) is 0 Å². The molecule has 0 saturated carbocycles. The Kier molecular flexibility index (Phi) is 10.3. The molecule has 0 atom stereocenters. The van der Waals surface area contributed by atoms with E-state index in [1.165, 1.54) is 0 Å². The van der Waals surface area contributed by atoms with Crippen LogP contribution in [0.2, 0.25) is 0 Å². The predicted octanol–water partition coefficient (Wildman–Crippen LogP) is 0.525. The molecule has 0 spiro atoms. The molecule has 0 aromatic carbocycles. The number of fused-ring (bicyclic) bond motifs is 8. The second-order valence-corrected chi connectivity index (χ2v) is 12.6. The van der Waals surface area contributed by atoms with Gasteiger partial charge in [0.15, 0.2) is 0 Å². The summed E-state index contributed by atoms with van der Waals surface area (Å²) < 4.78 is 0. The summed E-state index contributed by atoms with van der Waals surface area (Å²) in [5, 5.41) is 23.5. The number of aliphatic carboxylic acids is 2. The van der Waals surface area contributed by atoms with E-state index in [2.05, 4.69) is 0 Å². The Morgan fingerprint density at radius 2 is 1.00 bits per heavy atom. The second-order valence-electron chi connectivity index (χ2n) is 11.3. The standard InChI is InChI=1S/C34H34N4O4S2.Fe/c1-15-21(7-9-31(39)40)27-14-28-22(8-10-32(41)42)16(2)24(36-28)12-29-34(20(6)44)18(4)26(38-29)13-30-33(19(5)43)17(3)25(37-30)11-23(15)35-27;/h11-14,43-44H,7-10H2,1-6H3,(H,39,40)(H,41,42);/q-4;+4/b23-11-,27-14-,29-12-,30-13-,33-19-,34-20+;. The van der Waals surface area contributed by atoms with Crippen LogP contribution >= 0.6 is 25.3 Å². The number of hydrogen-bond donors (Lipinski definition) is 4. The van der Waals surface area contributed by atoms with Gasteiger partial charge in [-0.05, 0) is 74.6 Å². The molecule has 5 heterocycles. The first-order valence-corrected chi connectivity index (χ1v) is 15.2. The number of hydrogen-bond acceptors (Lipinski definition) is 4. The number of aromatic nitrogens is 4. The summed E-state index contributed by atoms with van der Waals surface area (Å²) in [5.74, 6) is -1.80. The Bertz CT molecular complexity index is 2220. The first-order chi connectivity index (χ1) is 20.8. The molecule has 4 aromatic rings. The Morgan fingerprint density at radius 3 is 1.47 bits per heavy atom. The average Bonchev–Trinajstić information content (AvgIpc) is 3.59. The molecule has 5 rings (SSSR count). The van der Waals surface area contributed by atoms with Crippen molar-refractivity contribution in [1.29, 1.82) is 0 Å². The molecular formula is C34H34FeN4O4S2. The minimum atomic E-state index is -0.900. The average molecular weight is 683 g/mol. The van der Waals surface area contributed by atoms with Gasteiger partial charge in [0.1, 0.15) is 0 Å². The maximum absolute atomic E-state index is 11.6. The third-order valence-electron chi connectivity index (χ3n) is 8.28. The smallest absolute Gasteiger partial charge is 0.657 e. The van der Waals surface area contributed by atoms with Gasteiger partial charge in [-0.2, -0.15) is 0 Å². The van der Waals surface area contributed by atoms with E-state index in [0.717, 1.165) is 70.4 Å². The summed E-state index contributed by atoms with van der Waals surface area (Å²) in [7, 11) is 0. The Hall–Kier alpha value is -3.50. The van der Waals surface area contributed by atoms with Gasteiger partial charge in [-0.15, -0.1) is 69.4 Å². The van der Waals surface area contributed by atoms with Crippen molar-refractivity contribution in [3.05, 3.63) is 88.0 Å². The molecule has 4 aromatic heterocycles. The number of rotatable bonds is 6. The summed E-state index contributed by atoms with van der Waals surface area (Å²) >= 11 is 9.40. The zero-order valence-electron chi connectivity index (χ0n) is 25.9. The summed E-state index contributed by atoms with van der Waals surface area (Å²) in [6.07, 6.45) is 8.13. The van der Waals surface area contributed by atoms with E-state index in [9.17, 15) is 19.8 Å². The second kappa shape index (κ2) is 13.5. The first-order valence-electron chi connectivity index (χ1n) is 14.3. The monoisotopic (exact) mass is 682 g/mol. The molecule has 8 nitrogen and oxygen atoms in total. The van der Waals surface area contributed by atoms with Crippen molar-refractivity contribution in [2.24, 2.45) is 0 Å². The van der Waals surface area contributed by atoms with Crippen LogP contribution in [-0.2, 0) is 39.5 Å². The van der Waals surface area contributed by atoms with Gasteiger partial charge in [-0.25, -0.2) is 0 Å². The van der Waals surface area contributed by atoms with E-state index in [1.54, 1.807) is 0 Å². The van der Waals surface area contributed by atoms with Crippen molar-refractivity contribution in [2.75, 3.05) is 0 Å². The summed E-state index contributed by atoms with van der Waals surface area (Å²) in [4.78, 5) is 44.7. The summed E-state index contributed by atoms with van der Waals surface area (Å²) in [5.41, 5.74) is 8.05. The Morgan fingerprint density at radius 1 is 0.578 bits per heavy atom. The maximum atomic E-state index is 11.6. The van der Waals surface area contributed by atoms with Crippen LogP contribution in [0.3, 0.4) is 0 Å². The zero-order valence-corrected chi connectivity index (χ0v) is 28.8. The van der Waals surface area contributed by atoms with Crippen LogP contribution in [-0.4, -0.2) is 22.2 Å². The van der Waals surface area contributed by atoms with Gasteiger partial charge in [0.25, 0.3) is 0 Å². The number of carbonyl (C=O) groups is 2. The molecule has 1 aliphatic heterocycles. The normalized spacial score (nSPS) is 16.5. The van der Waals surface area contributed by atoms with Crippen LogP contribution in [0, 0.1) is 27.7 Å². The molecule has 234 valence electrons. The number of carboxylic acids is 2. The van der Waals surface area contributed by atoms with E-state index in [1.807, 2.05) is 65.8 Å². The van der Waals surface area contributed by atoms with Crippen molar-refractivity contribution in [3.8, 4) is 0 Å². The number of nitrogens with zero attached hydrogens (tertiary/aromatic N) is 4. The molecule has 0 unspecified atom stereocenters. The van der Waals surface area contributed by atoms with Crippen LogP contribution in [0.15, 0.2) is 0 Å². The van der Waals surface area contributed by atoms with Gasteiger partial charge >= 0.3 is 29.0 Å². The maximum Gasteiger partial charge on any atom is 4.00 e. The molecule has 11 heteroatoms. The van der Waals surface area contributed by atoms with E-state index in [-0.39, 0.29) is 42.8 Å². The molecular weight excluding hydrogens is 648 g/mol. The Balaban J connectivity index is 0.00000461. The van der Waals surface area contributed by atoms with Crippen LogP contribution < -0.4 is 51.8 Å². The van der Waals surface area contributed by atoms with E-state index in [4.69, 9.17) is 45.2 Å². The van der Waals surface area contributed by atoms with Crippen molar-refractivity contribution in [1.82, 2.24) is 19.9 Å². The number of thiol groups is 2. The van der Waals surface area contributed by atoms with E-state index >= 15 is 0 Å². The van der Waals surface area contributed by atoms with Crippen LogP contribution in [0.25, 0.3) is 34.1 Å². The zero-order chi connectivity index (χ0) is 32.0. The summed E-state index contributed by atoms with van der Waals surface area (Å²) in [6.45, 7) is 11.8. The van der Waals surface area contributed by atoms with Gasteiger partial charge in [0, 0.05) is 12.8 Å². The SMILES string of the molecule is C/C(S)=c1\c(C)c2[n-]\c1=C/c1[n-]c(/c(=C(\C)S)c1C)=C\c1[n-]c(c(CCC(=O)O)c1C)/C=c1\[n-]/c(c(C)c1CCC(=O)O)=C\2.[Fe+4]. The van der Waals surface area contributed by atoms with Gasteiger partial charge < -0.3 is 30.1 Å². The molecule has 1 aliphatic rings. The third-order valence-corrected chi connectivity index (χ3v) is 8.73. The van der Waals surface area contributed by atoms with Gasteiger partial charge in [-0.1, -0.05) is 57.7 Å². The summed E-state index contributed by atoms with van der Waals surface area (Å²) in [6, 6.07) is 0. The molecule has 0 amide bonds. The van der Waals surface area contributed by atoms with Crippen molar-refractivity contribution in [3.63, 3.8) is 0 Å². The van der Waals surface area contributed by atoms with Crippen LogP contribution in [0.1, 0.15) is 82.8 Å². The topological polar surface area (TPSA) is 131 Å². The fourth-order valence-electron chi connectivity index (χ4n) is 5.97.